The molecule has 2 atom stereocenters. The number of halogens is 1. The van der Waals surface area contributed by atoms with Gasteiger partial charge in [0.1, 0.15) is 0 Å². The van der Waals surface area contributed by atoms with Crippen LogP contribution in [0.3, 0.4) is 0 Å². The number of likely N-dealkylation sites (tertiary alicyclic amines) is 1. The summed E-state index contributed by atoms with van der Waals surface area (Å²) in [6, 6.07) is 6.84. The van der Waals surface area contributed by atoms with Gasteiger partial charge in [-0.05, 0) is 57.9 Å². The number of nitrogens with zero attached hydrogens (tertiary/aromatic N) is 3. The number of carbonyl (C=O) groups is 2. The summed E-state index contributed by atoms with van der Waals surface area (Å²) in [7, 11) is 0. The molecule has 0 bridgehead atoms. The van der Waals surface area contributed by atoms with Gasteiger partial charge in [-0.3, -0.25) is 14.5 Å². The minimum absolute atomic E-state index is 0.0492. The van der Waals surface area contributed by atoms with Gasteiger partial charge < -0.3 is 15.5 Å². The summed E-state index contributed by atoms with van der Waals surface area (Å²) in [5.74, 6) is 0.254. The maximum atomic E-state index is 12.9. The predicted octanol–water partition coefficient (Wildman–Crippen LogP) is 2.00. The average molecular weight is 421 g/mol. The van der Waals surface area contributed by atoms with Crippen molar-refractivity contribution in [3.05, 3.63) is 34.9 Å². The summed E-state index contributed by atoms with van der Waals surface area (Å²) in [5.41, 5.74) is 7.25. The van der Waals surface area contributed by atoms with Crippen molar-refractivity contribution in [1.29, 1.82) is 0 Å². The zero-order chi connectivity index (χ0) is 21.2. The van der Waals surface area contributed by atoms with E-state index in [2.05, 4.69) is 25.7 Å². The summed E-state index contributed by atoms with van der Waals surface area (Å²) in [5, 5.41) is 0.669. The van der Waals surface area contributed by atoms with Crippen LogP contribution in [0.15, 0.2) is 24.3 Å². The first-order valence-corrected chi connectivity index (χ1v) is 10.9. The van der Waals surface area contributed by atoms with Gasteiger partial charge in [-0.25, -0.2) is 0 Å². The minimum atomic E-state index is -0.575. The Morgan fingerprint density at radius 1 is 1.07 bits per heavy atom. The second-order valence-corrected chi connectivity index (χ2v) is 9.63. The number of hydrogen-bond acceptors (Lipinski definition) is 4. The standard InChI is InChI=1S/C22H33ClN4O2/c1-22(2,3)27-9-8-17(15-27)20(28)25-10-12-26(13-11-25)21(29)19(24)14-16-4-6-18(23)7-5-16/h4-7,17,19H,8-15,24H2,1-3H3. The Bertz CT molecular complexity index is 723. The number of hydrogen-bond donors (Lipinski definition) is 1. The Labute approximate surface area is 179 Å². The van der Waals surface area contributed by atoms with Crippen molar-refractivity contribution >= 4 is 23.4 Å². The van der Waals surface area contributed by atoms with Crippen molar-refractivity contribution in [3.8, 4) is 0 Å². The Hall–Kier alpha value is -1.63. The molecule has 0 radical (unpaired) electrons. The van der Waals surface area contributed by atoms with Gasteiger partial charge in [-0.2, -0.15) is 0 Å². The fraction of sp³-hybridized carbons (Fsp3) is 0.636. The summed E-state index contributed by atoms with van der Waals surface area (Å²) in [6.07, 6.45) is 1.40. The molecule has 2 unspecified atom stereocenters. The van der Waals surface area contributed by atoms with Crippen molar-refractivity contribution < 1.29 is 9.59 Å². The molecule has 7 heteroatoms. The largest absolute Gasteiger partial charge is 0.339 e. The Kier molecular flexibility index (Phi) is 6.87. The highest BCUT2D eigenvalue weighted by Gasteiger charge is 2.37. The number of benzene rings is 1. The zero-order valence-corrected chi connectivity index (χ0v) is 18.5. The van der Waals surface area contributed by atoms with E-state index >= 15 is 0 Å². The summed E-state index contributed by atoms with van der Waals surface area (Å²) < 4.78 is 0. The molecule has 6 nitrogen and oxygen atoms in total. The van der Waals surface area contributed by atoms with Crippen LogP contribution in [0.2, 0.25) is 5.02 Å². The molecule has 2 saturated heterocycles. The molecule has 0 aliphatic carbocycles. The van der Waals surface area contributed by atoms with Gasteiger partial charge in [0.05, 0.1) is 12.0 Å². The van der Waals surface area contributed by atoms with Crippen molar-refractivity contribution in [2.24, 2.45) is 11.7 Å². The van der Waals surface area contributed by atoms with E-state index < -0.39 is 6.04 Å². The van der Waals surface area contributed by atoms with E-state index in [0.717, 1.165) is 25.1 Å². The van der Waals surface area contributed by atoms with E-state index in [0.29, 0.717) is 37.6 Å². The average Bonchev–Trinajstić information content (AvgIpc) is 3.19. The molecule has 2 aliphatic rings. The number of piperazine rings is 1. The van der Waals surface area contributed by atoms with E-state index in [1.54, 1.807) is 4.90 Å². The number of nitrogens with two attached hydrogens (primary N) is 1. The fourth-order valence-electron chi connectivity index (χ4n) is 4.17. The SMILES string of the molecule is CC(C)(C)N1CCC(C(=O)N2CCN(C(=O)C(N)Cc3ccc(Cl)cc3)CC2)C1. The van der Waals surface area contributed by atoms with E-state index in [4.69, 9.17) is 17.3 Å². The maximum Gasteiger partial charge on any atom is 0.239 e. The first-order valence-electron chi connectivity index (χ1n) is 10.5. The predicted molar refractivity (Wildman–Crippen MR) is 116 cm³/mol. The van der Waals surface area contributed by atoms with E-state index in [-0.39, 0.29) is 23.3 Å². The van der Waals surface area contributed by atoms with E-state index in [1.807, 2.05) is 29.2 Å². The van der Waals surface area contributed by atoms with Crippen molar-refractivity contribution in [2.45, 2.75) is 45.2 Å². The molecule has 2 amide bonds. The van der Waals surface area contributed by atoms with Gasteiger partial charge in [-0.1, -0.05) is 23.7 Å². The highest BCUT2D eigenvalue weighted by Crippen LogP contribution is 2.26. The fourth-order valence-corrected chi connectivity index (χ4v) is 4.30. The Balaban J connectivity index is 1.47. The molecule has 2 aliphatic heterocycles. The third kappa shape index (κ3) is 5.50. The Morgan fingerprint density at radius 2 is 1.66 bits per heavy atom. The van der Waals surface area contributed by atoms with Gasteiger partial charge in [-0.15, -0.1) is 0 Å². The van der Waals surface area contributed by atoms with Gasteiger partial charge >= 0.3 is 0 Å². The first-order chi connectivity index (χ1) is 13.6. The van der Waals surface area contributed by atoms with Gasteiger partial charge in [0.2, 0.25) is 11.8 Å². The molecule has 3 rings (SSSR count). The molecular formula is C22H33ClN4O2. The van der Waals surface area contributed by atoms with Crippen molar-refractivity contribution in [3.63, 3.8) is 0 Å². The van der Waals surface area contributed by atoms with Gasteiger partial charge in [0, 0.05) is 43.3 Å². The Morgan fingerprint density at radius 3 is 2.21 bits per heavy atom. The second kappa shape index (κ2) is 9.02. The van der Waals surface area contributed by atoms with Crippen LogP contribution in [0, 0.1) is 5.92 Å². The molecule has 2 fully saturated rings. The lowest BCUT2D eigenvalue weighted by molar-refractivity contribution is -0.142. The topological polar surface area (TPSA) is 69.9 Å². The molecule has 29 heavy (non-hydrogen) atoms. The van der Waals surface area contributed by atoms with Gasteiger partial charge in [0.15, 0.2) is 0 Å². The summed E-state index contributed by atoms with van der Waals surface area (Å²) in [4.78, 5) is 31.7. The maximum absolute atomic E-state index is 12.9. The zero-order valence-electron chi connectivity index (χ0n) is 17.7. The second-order valence-electron chi connectivity index (χ2n) is 9.19. The molecule has 2 heterocycles. The third-order valence-corrected chi connectivity index (χ3v) is 6.33. The lowest BCUT2D eigenvalue weighted by Gasteiger charge is -2.37. The molecule has 160 valence electrons. The minimum Gasteiger partial charge on any atom is -0.339 e. The smallest absolute Gasteiger partial charge is 0.239 e. The van der Waals surface area contributed by atoms with Crippen LogP contribution >= 0.6 is 11.6 Å². The molecule has 2 N–H and O–H groups in total. The van der Waals surface area contributed by atoms with Crippen molar-refractivity contribution in [2.75, 3.05) is 39.3 Å². The van der Waals surface area contributed by atoms with E-state index in [1.165, 1.54) is 0 Å². The van der Waals surface area contributed by atoms with Crippen LogP contribution in [-0.2, 0) is 16.0 Å². The molecule has 1 aromatic rings. The molecular weight excluding hydrogens is 388 g/mol. The monoisotopic (exact) mass is 420 g/mol. The lowest BCUT2D eigenvalue weighted by atomic mass is 10.0. The molecule has 0 spiro atoms. The number of amides is 2. The van der Waals surface area contributed by atoms with Crippen LogP contribution in [0.4, 0.5) is 0 Å². The van der Waals surface area contributed by atoms with E-state index in [9.17, 15) is 9.59 Å². The highest BCUT2D eigenvalue weighted by molar-refractivity contribution is 6.30. The van der Waals surface area contributed by atoms with Crippen LogP contribution < -0.4 is 5.73 Å². The number of carbonyl (C=O) groups excluding carboxylic acids is 2. The third-order valence-electron chi connectivity index (χ3n) is 6.08. The summed E-state index contributed by atoms with van der Waals surface area (Å²) >= 11 is 5.91. The normalized spacial score (nSPS) is 22.0. The van der Waals surface area contributed by atoms with Crippen LogP contribution in [0.5, 0.6) is 0 Å². The number of rotatable bonds is 4. The van der Waals surface area contributed by atoms with Crippen LogP contribution in [0.1, 0.15) is 32.8 Å². The quantitative estimate of drug-likeness (QED) is 0.808. The van der Waals surface area contributed by atoms with Crippen LogP contribution in [0.25, 0.3) is 0 Å². The van der Waals surface area contributed by atoms with Crippen LogP contribution in [-0.4, -0.2) is 77.4 Å². The van der Waals surface area contributed by atoms with Gasteiger partial charge in [0.25, 0.3) is 0 Å². The first kappa shape index (κ1) is 22.1. The molecule has 0 aromatic heterocycles. The summed E-state index contributed by atoms with van der Waals surface area (Å²) in [6.45, 7) is 10.6. The van der Waals surface area contributed by atoms with Crippen molar-refractivity contribution in [1.82, 2.24) is 14.7 Å². The molecule has 1 aromatic carbocycles. The molecule has 0 saturated carbocycles. The lowest BCUT2D eigenvalue weighted by Crippen LogP contribution is -2.55. The highest BCUT2D eigenvalue weighted by atomic mass is 35.5.